The summed E-state index contributed by atoms with van der Waals surface area (Å²) in [5.74, 6) is 0. The molecule has 0 atom stereocenters. The van der Waals surface area contributed by atoms with Gasteiger partial charge < -0.3 is 0 Å². The van der Waals surface area contributed by atoms with Gasteiger partial charge in [-0.1, -0.05) is 19.1 Å². The van der Waals surface area contributed by atoms with E-state index >= 15 is 0 Å². The van der Waals surface area contributed by atoms with Crippen LogP contribution < -0.4 is 0 Å². The summed E-state index contributed by atoms with van der Waals surface area (Å²) in [6.45, 7) is 4.47. The lowest BCUT2D eigenvalue weighted by molar-refractivity contribution is 0.969. The van der Waals surface area contributed by atoms with Crippen molar-refractivity contribution in [2.75, 3.05) is 0 Å². The Morgan fingerprint density at radius 2 is 1.83 bits per heavy atom. The minimum atomic E-state index is 0.528. The number of halogens is 1. The van der Waals surface area contributed by atoms with E-state index in [4.69, 9.17) is 0 Å². The number of hydrogen-bond acceptors (Lipinski definition) is 0. The molecule has 0 saturated heterocycles. The molecule has 0 aliphatic heterocycles. The standard InChI is InChI=1S/C3H9B2I/c1-3(2,4)5-6/h5H,4H2,1-2H3. The molecular formula is C3H9B2I. The van der Waals surface area contributed by atoms with Gasteiger partial charge in [-0.2, -0.15) is 22.4 Å². The van der Waals surface area contributed by atoms with Gasteiger partial charge in [-0.3, -0.25) is 0 Å². The molecule has 0 aromatic heterocycles. The van der Waals surface area contributed by atoms with E-state index in [-0.39, 0.29) is 0 Å². The summed E-state index contributed by atoms with van der Waals surface area (Å²) in [7, 11) is 2.24. The van der Waals surface area contributed by atoms with Crippen molar-refractivity contribution in [3.8, 4) is 0 Å². The summed E-state index contributed by atoms with van der Waals surface area (Å²) in [4.78, 5) is 0. The Kier molecular flexibility index (Phi) is 2.56. The van der Waals surface area contributed by atoms with Gasteiger partial charge in [-0.25, -0.2) is 0 Å². The third-order valence-corrected chi connectivity index (χ3v) is 2.69. The Balaban J connectivity index is 3.17. The van der Waals surface area contributed by atoms with Crippen LogP contribution in [0.5, 0.6) is 0 Å². The quantitative estimate of drug-likeness (QED) is 0.422. The summed E-state index contributed by atoms with van der Waals surface area (Å²) in [5.41, 5.74) is 0. The summed E-state index contributed by atoms with van der Waals surface area (Å²) < 4.78 is 0. The fraction of sp³-hybridized carbons (Fsp3) is 1.00. The molecule has 0 fully saturated rings. The summed E-state index contributed by atoms with van der Waals surface area (Å²) in [6.07, 6.45) is 0. The van der Waals surface area contributed by atoms with E-state index < -0.39 is 0 Å². The molecule has 0 nitrogen and oxygen atoms in total. The van der Waals surface area contributed by atoms with Crippen LogP contribution in [0.4, 0.5) is 0 Å². The van der Waals surface area contributed by atoms with Gasteiger partial charge >= 0.3 is 0 Å². The van der Waals surface area contributed by atoms with Crippen LogP contribution in [0.3, 0.4) is 0 Å². The summed E-state index contributed by atoms with van der Waals surface area (Å²) >= 11 is 2.39. The summed E-state index contributed by atoms with van der Waals surface area (Å²) in [5, 5.41) is 1.77. The van der Waals surface area contributed by atoms with Gasteiger partial charge in [0, 0.05) is 0 Å². The van der Waals surface area contributed by atoms with Crippen molar-refractivity contribution in [3.63, 3.8) is 0 Å². The minimum absolute atomic E-state index is 0.528. The van der Waals surface area contributed by atoms with Gasteiger partial charge in [0.2, 0.25) is 0 Å². The topological polar surface area (TPSA) is 0 Å². The van der Waals surface area contributed by atoms with Crippen LogP contribution in [0.15, 0.2) is 0 Å². The number of hydrogen-bond donors (Lipinski definition) is 0. The predicted octanol–water partition coefficient (Wildman–Crippen LogP) is 0.562. The van der Waals surface area contributed by atoms with Gasteiger partial charge in [0.1, 0.15) is 0 Å². The Bertz CT molecular complexity index is 38.5. The van der Waals surface area contributed by atoms with E-state index in [0.717, 1.165) is 0 Å². The zero-order valence-electron chi connectivity index (χ0n) is 4.59. The van der Waals surface area contributed by atoms with Crippen molar-refractivity contribution in [1.29, 1.82) is 0 Å². The molecule has 0 bridgehead atoms. The van der Waals surface area contributed by atoms with Crippen LogP contribution in [0, 0.1) is 0 Å². The Morgan fingerprint density at radius 1 is 1.67 bits per heavy atom. The maximum atomic E-state index is 2.39. The normalized spacial score (nSPS) is 11.2. The van der Waals surface area contributed by atoms with E-state index in [0.29, 0.717) is 5.21 Å². The Hall–Kier alpha value is 0.860. The van der Waals surface area contributed by atoms with Crippen molar-refractivity contribution in [2.24, 2.45) is 0 Å². The van der Waals surface area contributed by atoms with E-state index in [1.807, 2.05) is 0 Å². The van der Waals surface area contributed by atoms with Crippen LogP contribution in [0.25, 0.3) is 0 Å². The largest absolute Gasteiger partial charge is 0.197 e. The van der Waals surface area contributed by atoms with Crippen LogP contribution in [0.2, 0.25) is 5.21 Å². The second kappa shape index (κ2) is 2.24. The molecule has 0 rings (SSSR count). The van der Waals surface area contributed by atoms with Gasteiger partial charge in [-0.15, -0.1) is 0 Å². The highest BCUT2D eigenvalue weighted by atomic mass is 127. The first-order chi connectivity index (χ1) is 2.56. The fourth-order valence-corrected chi connectivity index (χ4v) is 0. The lowest BCUT2D eigenvalue weighted by Gasteiger charge is -2.09. The summed E-state index contributed by atoms with van der Waals surface area (Å²) in [6, 6.07) is 0. The van der Waals surface area contributed by atoms with Gasteiger partial charge in [0.25, 0.3) is 0 Å². The van der Waals surface area contributed by atoms with E-state index in [1.165, 1.54) is 5.14 Å². The molecule has 6 heavy (non-hydrogen) atoms. The highest BCUT2D eigenvalue weighted by molar-refractivity contribution is 14.1. The molecular weight excluding hydrogens is 185 g/mol. The van der Waals surface area contributed by atoms with Crippen LogP contribution in [-0.2, 0) is 0 Å². The van der Waals surface area contributed by atoms with Crippen molar-refractivity contribution in [1.82, 2.24) is 0 Å². The minimum Gasteiger partial charge on any atom is -0.155 e. The van der Waals surface area contributed by atoms with Crippen molar-refractivity contribution in [3.05, 3.63) is 0 Å². The molecule has 0 aromatic rings. The second-order valence-corrected chi connectivity index (χ2v) is 3.46. The average molecular weight is 194 g/mol. The first-order valence-corrected chi connectivity index (χ1v) is 3.65. The van der Waals surface area contributed by atoms with Crippen molar-refractivity contribution in [2.45, 2.75) is 19.1 Å². The Morgan fingerprint density at radius 3 is 1.83 bits per heavy atom. The average Bonchev–Trinajstić information content (AvgIpc) is 1.35. The van der Waals surface area contributed by atoms with E-state index in [1.54, 1.807) is 0 Å². The maximum Gasteiger partial charge on any atom is 0.197 e. The molecule has 0 radical (unpaired) electrons. The van der Waals surface area contributed by atoms with Gasteiger partial charge in [0.15, 0.2) is 5.14 Å². The fourth-order valence-electron chi connectivity index (χ4n) is 0. The molecule has 0 aliphatic carbocycles. The third kappa shape index (κ3) is 4.86. The first-order valence-electron chi connectivity index (χ1n) is 2.12. The Labute approximate surface area is 54.6 Å². The lowest BCUT2D eigenvalue weighted by Crippen LogP contribution is -2.05. The van der Waals surface area contributed by atoms with E-state index in [9.17, 15) is 0 Å². The molecule has 0 aromatic carbocycles. The molecule has 34 valence electrons. The van der Waals surface area contributed by atoms with Crippen molar-refractivity contribution >= 4 is 35.4 Å². The van der Waals surface area contributed by atoms with Crippen molar-refractivity contribution < 1.29 is 0 Å². The first kappa shape index (κ1) is 6.86. The van der Waals surface area contributed by atoms with Crippen LogP contribution in [0.1, 0.15) is 13.8 Å². The molecule has 0 spiro atoms. The number of rotatable bonds is 1. The molecule has 3 heteroatoms. The second-order valence-electron chi connectivity index (χ2n) is 2.69. The van der Waals surface area contributed by atoms with E-state index in [2.05, 4.69) is 44.1 Å². The lowest BCUT2D eigenvalue weighted by atomic mass is 9.57. The SMILES string of the molecule is BC(C)(C)BI. The highest BCUT2D eigenvalue weighted by Gasteiger charge is 2.07. The molecule has 0 heterocycles. The third-order valence-electron chi connectivity index (χ3n) is 0.401. The molecule has 0 amide bonds. The maximum absolute atomic E-state index is 2.39. The monoisotopic (exact) mass is 194 g/mol. The van der Waals surface area contributed by atoms with Crippen LogP contribution in [-0.4, -0.2) is 13.0 Å². The van der Waals surface area contributed by atoms with Gasteiger partial charge in [-0.05, 0) is 0 Å². The van der Waals surface area contributed by atoms with Gasteiger partial charge in [0.05, 0.1) is 7.85 Å². The highest BCUT2D eigenvalue weighted by Crippen LogP contribution is 2.17. The predicted molar refractivity (Wildman–Crippen MR) is 43.8 cm³/mol. The van der Waals surface area contributed by atoms with Crippen LogP contribution >= 0.6 is 22.4 Å². The molecule has 0 aliphatic rings. The zero-order valence-corrected chi connectivity index (χ0v) is 6.74. The zero-order chi connectivity index (χ0) is 5.21. The molecule has 0 N–H and O–H groups in total. The molecule has 0 unspecified atom stereocenters. The molecule has 0 saturated carbocycles. The smallest absolute Gasteiger partial charge is 0.155 e.